The van der Waals surface area contributed by atoms with Gasteiger partial charge >= 0.3 is 0 Å². The number of hydrogen-bond acceptors (Lipinski definition) is 5. The van der Waals surface area contributed by atoms with E-state index < -0.39 is 0 Å². The van der Waals surface area contributed by atoms with Gasteiger partial charge in [-0.1, -0.05) is 35.8 Å². The van der Waals surface area contributed by atoms with Crippen LogP contribution in [0.25, 0.3) is 11.0 Å². The van der Waals surface area contributed by atoms with Gasteiger partial charge in [-0.2, -0.15) is 5.10 Å². The lowest BCUT2D eigenvalue weighted by molar-refractivity contribution is -0.0386. The first-order valence-corrected chi connectivity index (χ1v) is 14.3. The van der Waals surface area contributed by atoms with E-state index in [1.54, 1.807) is 22.8 Å². The van der Waals surface area contributed by atoms with E-state index in [0.29, 0.717) is 0 Å². The number of anilines is 1. The Kier molecular flexibility index (Phi) is 7.75. The normalized spacial score (nSPS) is 24.1. The van der Waals surface area contributed by atoms with Crippen molar-refractivity contribution in [3.63, 3.8) is 0 Å². The number of fused-ring (bicyclic) bond motifs is 1. The van der Waals surface area contributed by atoms with Crippen LogP contribution in [0.15, 0.2) is 39.6 Å². The van der Waals surface area contributed by atoms with Gasteiger partial charge in [-0.05, 0) is 62.8 Å². The number of piperazine rings is 1. The maximum atomic E-state index is 13.8. The Labute approximate surface area is 226 Å². The molecule has 2 unspecified atom stereocenters. The number of nitrogens with zero attached hydrogens (tertiary/aromatic N) is 5. The molecule has 7 nitrogen and oxygen atoms in total. The largest absolute Gasteiger partial charge is 0.356 e. The molecule has 0 radical (unpaired) electrons. The lowest BCUT2D eigenvalue weighted by Crippen LogP contribution is -2.59. The number of aryl methyl sites for hydroxylation is 1. The molecule has 2 saturated heterocycles. The van der Waals surface area contributed by atoms with E-state index in [9.17, 15) is 9.18 Å². The van der Waals surface area contributed by atoms with Crippen molar-refractivity contribution in [2.24, 2.45) is 7.05 Å². The first-order valence-electron chi connectivity index (χ1n) is 13.5. The van der Waals surface area contributed by atoms with Gasteiger partial charge in [-0.25, -0.2) is 9.07 Å². The number of benzene rings is 1. The maximum Gasteiger partial charge on any atom is 0.250 e. The Balaban J connectivity index is 1.57. The molecular weight excluding hydrogens is 537 g/mol. The quantitative estimate of drug-likeness (QED) is 0.374. The number of hydrogen-bond donors (Lipinski definition) is 0. The zero-order valence-corrected chi connectivity index (χ0v) is 23.7. The summed E-state index contributed by atoms with van der Waals surface area (Å²) in [7, 11) is 1.84. The van der Waals surface area contributed by atoms with E-state index in [-0.39, 0.29) is 35.7 Å². The highest BCUT2D eigenvalue weighted by Gasteiger charge is 2.39. The number of halogens is 2. The second kappa shape index (κ2) is 10.9. The van der Waals surface area contributed by atoms with Crippen molar-refractivity contribution in [3.05, 3.63) is 56.5 Å². The van der Waals surface area contributed by atoms with Crippen LogP contribution in [0.3, 0.4) is 0 Å². The summed E-state index contributed by atoms with van der Waals surface area (Å²) in [6.45, 7) is 9.06. The minimum atomic E-state index is -0.234. The van der Waals surface area contributed by atoms with E-state index in [1.807, 2.05) is 23.9 Å². The molecule has 2 aromatic heterocycles. The average molecular weight is 575 g/mol. The molecule has 0 N–H and O–H groups in total. The average Bonchev–Trinajstić information content (AvgIpc) is 3.30. The number of aromatic nitrogens is 3. The lowest BCUT2D eigenvalue weighted by Gasteiger charge is -2.49. The van der Waals surface area contributed by atoms with Gasteiger partial charge in [-0.3, -0.25) is 9.69 Å². The molecular formula is C28H37BrFN5O2. The van der Waals surface area contributed by atoms with Crippen molar-refractivity contribution >= 4 is 32.8 Å². The van der Waals surface area contributed by atoms with E-state index in [2.05, 4.69) is 46.5 Å². The highest BCUT2D eigenvalue weighted by atomic mass is 79.9. The van der Waals surface area contributed by atoms with Crippen molar-refractivity contribution in [1.29, 1.82) is 0 Å². The summed E-state index contributed by atoms with van der Waals surface area (Å²) in [6, 6.07) is 9.05. The third-order valence-electron chi connectivity index (χ3n) is 8.23. The van der Waals surface area contributed by atoms with Gasteiger partial charge in [0, 0.05) is 55.4 Å². The van der Waals surface area contributed by atoms with Gasteiger partial charge in [0.1, 0.15) is 16.9 Å². The molecule has 0 spiro atoms. The van der Waals surface area contributed by atoms with Crippen LogP contribution < -0.4 is 10.5 Å². The summed E-state index contributed by atoms with van der Waals surface area (Å²) >= 11 is 3.59. The van der Waals surface area contributed by atoms with Crippen LogP contribution in [0.4, 0.5) is 10.2 Å². The Hall–Kier alpha value is -2.23. The predicted octanol–water partition coefficient (Wildman–Crippen LogP) is 5.78. The van der Waals surface area contributed by atoms with Crippen molar-refractivity contribution in [2.75, 3.05) is 24.6 Å². The second-order valence-electron chi connectivity index (χ2n) is 10.4. The van der Waals surface area contributed by atoms with Gasteiger partial charge in [0.25, 0.3) is 5.56 Å². The van der Waals surface area contributed by atoms with Crippen LogP contribution in [-0.4, -0.2) is 51.0 Å². The molecule has 2 aliphatic heterocycles. The molecule has 200 valence electrons. The van der Waals surface area contributed by atoms with E-state index in [4.69, 9.17) is 9.84 Å². The van der Waals surface area contributed by atoms with E-state index in [0.717, 1.165) is 78.7 Å². The zero-order chi connectivity index (χ0) is 26.3. The van der Waals surface area contributed by atoms with Crippen molar-refractivity contribution in [3.8, 4) is 0 Å². The molecule has 9 heteroatoms. The number of pyridine rings is 1. The molecule has 2 aliphatic rings. The first kappa shape index (κ1) is 26.4. The maximum absolute atomic E-state index is 13.8. The van der Waals surface area contributed by atoms with Crippen molar-refractivity contribution < 1.29 is 9.13 Å². The molecule has 4 heterocycles. The van der Waals surface area contributed by atoms with Gasteiger partial charge in [0.05, 0.1) is 0 Å². The predicted molar refractivity (Wildman–Crippen MR) is 149 cm³/mol. The molecule has 0 saturated carbocycles. The molecule has 0 amide bonds. The van der Waals surface area contributed by atoms with Crippen molar-refractivity contribution in [1.82, 2.24) is 19.2 Å². The molecule has 1 aromatic carbocycles. The van der Waals surface area contributed by atoms with Crippen LogP contribution >= 0.6 is 15.9 Å². The molecule has 2 fully saturated rings. The fourth-order valence-electron chi connectivity index (χ4n) is 6.06. The third-order valence-corrected chi connectivity index (χ3v) is 8.92. The topological polar surface area (TPSA) is 55.5 Å². The second-order valence-corrected chi connectivity index (χ2v) is 11.2. The summed E-state index contributed by atoms with van der Waals surface area (Å²) in [5.41, 5.74) is 2.75. The van der Waals surface area contributed by atoms with Crippen LogP contribution in [-0.2, 0) is 11.8 Å². The fraction of sp³-hybridized carbons (Fsp3) is 0.571. The zero-order valence-electron chi connectivity index (χ0n) is 22.2. The fourth-order valence-corrected chi connectivity index (χ4v) is 6.75. The summed E-state index contributed by atoms with van der Waals surface area (Å²) in [6.07, 6.45) is 4.88. The summed E-state index contributed by atoms with van der Waals surface area (Å²) in [5, 5.41) is 4.99. The van der Waals surface area contributed by atoms with Gasteiger partial charge in [0.2, 0.25) is 0 Å². The minimum absolute atomic E-state index is 0.0358. The standard InChI is InChI=1S/C28H37BrFN5O2/c1-5-20-17-34(21(6-2)16-33(20)18(3)22-11-10-19(30)15-23(22)29)28-27-24(12-13-25(36)32(27)4)31-35(28)26-9-7-8-14-37-26/h10-13,15,18,20-21,26H,5-9,14,16-17H2,1-4H3/t18?,20-,21+,26?/m1/s1. The monoisotopic (exact) mass is 573 g/mol. The smallest absolute Gasteiger partial charge is 0.250 e. The first-order chi connectivity index (χ1) is 17.8. The van der Waals surface area contributed by atoms with Crippen LogP contribution in [0.2, 0.25) is 0 Å². The van der Waals surface area contributed by atoms with E-state index >= 15 is 0 Å². The number of ether oxygens (including phenoxy) is 1. The Morgan fingerprint density at radius 1 is 1.14 bits per heavy atom. The van der Waals surface area contributed by atoms with E-state index in [1.165, 1.54) is 0 Å². The molecule has 3 aromatic rings. The summed E-state index contributed by atoms with van der Waals surface area (Å²) < 4.78 is 24.6. The van der Waals surface area contributed by atoms with Crippen molar-refractivity contribution in [2.45, 2.75) is 77.2 Å². The Bertz CT molecular complexity index is 1320. The molecule has 5 rings (SSSR count). The summed E-state index contributed by atoms with van der Waals surface area (Å²) in [4.78, 5) is 17.7. The van der Waals surface area contributed by atoms with Gasteiger partial charge in [-0.15, -0.1) is 0 Å². The Morgan fingerprint density at radius 3 is 2.59 bits per heavy atom. The molecule has 0 aliphatic carbocycles. The number of rotatable bonds is 6. The molecule has 37 heavy (non-hydrogen) atoms. The van der Waals surface area contributed by atoms with Crippen LogP contribution in [0.1, 0.15) is 70.7 Å². The highest BCUT2D eigenvalue weighted by Crippen LogP contribution is 2.39. The lowest BCUT2D eigenvalue weighted by atomic mass is 9.97. The third kappa shape index (κ3) is 4.86. The van der Waals surface area contributed by atoms with Gasteiger partial charge < -0.3 is 14.2 Å². The molecule has 0 bridgehead atoms. The Morgan fingerprint density at radius 2 is 1.92 bits per heavy atom. The SMILES string of the molecule is CC[C@H]1CN(C(C)c2ccc(F)cc2Br)[C@H](CC)CN1c1c2c(ccc(=O)n2C)nn1C1CCCCO1. The summed E-state index contributed by atoms with van der Waals surface area (Å²) in [5.74, 6) is 0.754. The van der Waals surface area contributed by atoms with Gasteiger partial charge in [0.15, 0.2) is 12.0 Å². The minimum Gasteiger partial charge on any atom is -0.356 e. The highest BCUT2D eigenvalue weighted by molar-refractivity contribution is 9.10. The van der Waals surface area contributed by atoms with Crippen LogP contribution in [0.5, 0.6) is 0 Å². The van der Waals surface area contributed by atoms with Crippen LogP contribution in [0, 0.1) is 5.82 Å². The molecule has 4 atom stereocenters.